The third-order valence-electron chi connectivity index (χ3n) is 3.15. The molecule has 1 aromatic carbocycles. The van der Waals surface area contributed by atoms with Crippen LogP contribution in [0.15, 0.2) is 36.9 Å². The highest BCUT2D eigenvalue weighted by Gasteiger charge is 2.07. The molecule has 0 aliphatic heterocycles. The quantitative estimate of drug-likeness (QED) is 0.593. The molecule has 3 rings (SSSR count). The fraction of sp³-hybridized carbons (Fsp3) is 0.143. The van der Waals surface area contributed by atoms with E-state index in [-0.39, 0.29) is 5.97 Å². The molecule has 0 aliphatic rings. The number of aromatic nitrogens is 4. The van der Waals surface area contributed by atoms with Gasteiger partial charge in [-0.05, 0) is 17.7 Å². The van der Waals surface area contributed by atoms with Crippen molar-refractivity contribution in [1.29, 1.82) is 0 Å². The second-order valence-corrected chi connectivity index (χ2v) is 4.85. The third-order valence-corrected chi connectivity index (χ3v) is 3.45. The highest BCUT2D eigenvalue weighted by atomic mass is 32.1. The van der Waals surface area contributed by atoms with Crippen LogP contribution in [0, 0.1) is 4.64 Å². The minimum atomic E-state index is -0.343. The van der Waals surface area contributed by atoms with Gasteiger partial charge in [-0.1, -0.05) is 24.4 Å². The maximum Gasteiger partial charge on any atom is 0.337 e. The van der Waals surface area contributed by atoms with E-state index in [9.17, 15) is 4.79 Å². The molecule has 1 N–H and O–H groups in total. The van der Waals surface area contributed by atoms with Gasteiger partial charge in [0.1, 0.15) is 11.2 Å². The second kappa shape index (κ2) is 5.45. The first kappa shape index (κ1) is 13.4. The molecule has 21 heavy (non-hydrogen) atoms. The van der Waals surface area contributed by atoms with Gasteiger partial charge in [-0.15, -0.1) is 0 Å². The Kier molecular flexibility index (Phi) is 3.49. The Morgan fingerprint density at radius 1 is 1.33 bits per heavy atom. The van der Waals surface area contributed by atoms with Crippen LogP contribution < -0.4 is 0 Å². The summed E-state index contributed by atoms with van der Waals surface area (Å²) in [7, 11) is 1.37. The van der Waals surface area contributed by atoms with Crippen molar-refractivity contribution in [2.24, 2.45) is 0 Å². The Bertz CT molecular complexity index is 851. The summed E-state index contributed by atoms with van der Waals surface area (Å²) < 4.78 is 7.10. The second-order valence-electron chi connectivity index (χ2n) is 4.47. The van der Waals surface area contributed by atoms with Gasteiger partial charge in [-0.25, -0.2) is 14.8 Å². The lowest BCUT2D eigenvalue weighted by atomic mass is 10.1. The van der Waals surface area contributed by atoms with Gasteiger partial charge < -0.3 is 14.3 Å². The fourth-order valence-electron chi connectivity index (χ4n) is 2.08. The molecule has 0 amide bonds. The van der Waals surface area contributed by atoms with Crippen molar-refractivity contribution in [3.05, 3.63) is 52.7 Å². The number of hydrogen-bond acceptors (Lipinski definition) is 5. The zero-order chi connectivity index (χ0) is 14.8. The van der Waals surface area contributed by atoms with Crippen molar-refractivity contribution in [2.45, 2.75) is 6.54 Å². The lowest BCUT2D eigenvalue weighted by Gasteiger charge is -2.05. The van der Waals surface area contributed by atoms with Gasteiger partial charge in [0.2, 0.25) is 0 Å². The van der Waals surface area contributed by atoms with Crippen LogP contribution in [0.3, 0.4) is 0 Å². The van der Waals surface area contributed by atoms with Gasteiger partial charge in [0, 0.05) is 0 Å². The van der Waals surface area contributed by atoms with Gasteiger partial charge >= 0.3 is 5.97 Å². The zero-order valence-electron chi connectivity index (χ0n) is 11.2. The lowest BCUT2D eigenvalue weighted by Crippen LogP contribution is -2.03. The summed E-state index contributed by atoms with van der Waals surface area (Å²) in [4.78, 5) is 22.7. The van der Waals surface area contributed by atoms with Gasteiger partial charge in [-0.3, -0.25) is 0 Å². The Balaban J connectivity index is 1.90. The highest BCUT2D eigenvalue weighted by molar-refractivity contribution is 7.71. The van der Waals surface area contributed by atoms with E-state index in [1.165, 1.54) is 7.11 Å². The van der Waals surface area contributed by atoms with Crippen LogP contribution in [0.4, 0.5) is 0 Å². The maximum absolute atomic E-state index is 11.4. The summed E-state index contributed by atoms with van der Waals surface area (Å²) in [6, 6.07) is 7.25. The number of nitrogens with zero attached hydrogens (tertiary/aromatic N) is 3. The lowest BCUT2D eigenvalue weighted by molar-refractivity contribution is 0.0600. The standard InChI is InChI=1S/C14H12N4O2S/c1-20-14(19)10-4-2-9(3-5-10)6-18-8-17-11-12(18)15-7-16-13(11)21/h2-5,7-8H,6H2,1H3,(H,15,16,21). The molecule has 106 valence electrons. The number of fused-ring (bicyclic) bond motifs is 1. The van der Waals surface area contributed by atoms with Crippen LogP contribution in [0.25, 0.3) is 11.2 Å². The summed E-state index contributed by atoms with van der Waals surface area (Å²) in [6.45, 7) is 0.618. The topological polar surface area (TPSA) is 72.8 Å². The Hall–Kier alpha value is -2.54. The molecule has 0 unspecified atom stereocenters. The van der Waals surface area contributed by atoms with Crippen LogP contribution in [-0.2, 0) is 11.3 Å². The number of methoxy groups -OCH3 is 1. The minimum absolute atomic E-state index is 0.343. The smallest absolute Gasteiger partial charge is 0.337 e. The van der Waals surface area contributed by atoms with Gasteiger partial charge in [0.25, 0.3) is 0 Å². The van der Waals surface area contributed by atoms with E-state index in [1.54, 1.807) is 24.8 Å². The van der Waals surface area contributed by atoms with E-state index in [1.807, 2.05) is 16.7 Å². The summed E-state index contributed by atoms with van der Waals surface area (Å²) in [5.74, 6) is -0.343. The molecule has 3 aromatic rings. The van der Waals surface area contributed by atoms with Crippen molar-refractivity contribution in [1.82, 2.24) is 19.5 Å². The van der Waals surface area contributed by atoms with Crippen LogP contribution in [-0.4, -0.2) is 32.6 Å². The van der Waals surface area contributed by atoms with E-state index in [4.69, 9.17) is 12.2 Å². The number of carbonyl (C=O) groups excluding carboxylic acids is 1. The van der Waals surface area contributed by atoms with Crippen LogP contribution in [0.2, 0.25) is 0 Å². The molecule has 0 saturated carbocycles. The number of ether oxygens (including phenoxy) is 1. The molecule has 2 aromatic heterocycles. The SMILES string of the molecule is COC(=O)c1ccc(Cn2cnc3c(=S)nc[nH]c32)cc1. The van der Waals surface area contributed by atoms with Gasteiger partial charge in [-0.2, -0.15) is 0 Å². The molecule has 2 heterocycles. The predicted octanol–water partition coefficient (Wildman–Crippen LogP) is 2.32. The van der Waals surface area contributed by atoms with E-state index < -0.39 is 0 Å². The van der Waals surface area contributed by atoms with Crippen molar-refractivity contribution >= 4 is 29.4 Å². The Morgan fingerprint density at radius 2 is 2.10 bits per heavy atom. The Labute approximate surface area is 125 Å². The predicted molar refractivity (Wildman–Crippen MR) is 79.6 cm³/mol. The first-order valence-electron chi connectivity index (χ1n) is 6.25. The van der Waals surface area contributed by atoms with Crippen molar-refractivity contribution in [2.75, 3.05) is 7.11 Å². The van der Waals surface area contributed by atoms with Crippen LogP contribution >= 0.6 is 12.2 Å². The van der Waals surface area contributed by atoms with E-state index >= 15 is 0 Å². The molecule has 6 nitrogen and oxygen atoms in total. The molecule has 0 fully saturated rings. The van der Waals surface area contributed by atoms with Crippen molar-refractivity contribution < 1.29 is 9.53 Å². The molecular weight excluding hydrogens is 288 g/mol. The molecule has 0 saturated heterocycles. The largest absolute Gasteiger partial charge is 0.465 e. The average Bonchev–Trinajstić information content (AvgIpc) is 2.92. The molecule has 7 heteroatoms. The third kappa shape index (κ3) is 2.55. The summed E-state index contributed by atoms with van der Waals surface area (Å²) in [5.41, 5.74) is 3.07. The molecular formula is C14H12N4O2S. The maximum atomic E-state index is 11.4. The molecule has 0 spiro atoms. The molecule has 0 atom stereocenters. The van der Waals surface area contributed by atoms with Gasteiger partial charge in [0.15, 0.2) is 4.64 Å². The van der Waals surface area contributed by atoms with Crippen LogP contribution in [0.1, 0.15) is 15.9 Å². The van der Waals surface area contributed by atoms with E-state index in [2.05, 4.69) is 19.7 Å². The first-order chi connectivity index (χ1) is 10.2. The molecule has 0 aliphatic carbocycles. The highest BCUT2D eigenvalue weighted by Crippen LogP contribution is 2.13. The number of carbonyl (C=O) groups is 1. The molecule has 0 radical (unpaired) electrons. The number of hydrogen-bond donors (Lipinski definition) is 1. The number of rotatable bonds is 3. The Morgan fingerprint density at radius 3 is 2.81 bits per heavy atom. The average molecular weight is 300 g/mol. The van der Waals surface area contributed by atoms with E-state index in [0.717, 1.165) is 11.2 Å². The first-order valence-corrected chi connectivity index (χ1v) is 6.65. The minimum Gasteiger partial charge on any atom is -0.465 e. The van der Waals surface area contributed by atoms with Crippen molar-refractivity contribution in [3.63, 3.8) is 0 Å². The number of imidazole rings is 1. The van der Waals surface area contributed by atoms with Crippen molar-refractivity contribution in [3.8, 4) is 0 Å². The normalized spacial score (nSPS) is 10.7. The summed E-state index contributed by atoms with van der Waals surface area (Å²) >= 11 is 5.13. The number of benzene rings is 1. The summed E-state index contributed by atoms with van der Waals surface area (Å²) in [5, 5.41) is 0. The van der Waals surface area contributed by atoms with Crippen LogP contribution in [0.5, 0.6) is 0 Å². The monoisotopic (exact) mass is 300 g/mol. The summed E-state index contributed by atoms with van der Waals surface area (Å²) in [6.07, 6.45) is 3.27. The fourth-order valence-corrected chi connectivity index (χ4v) is 2.29. The number of nitrogens with one attached hydrogen (secondary N) is 1. The number of esters is 1. The number of H-pyrrole nitrogens is 1. The van der Waals surface area contributed by atoms with E-state index in [0.29, 0.717) is 22.3 Å². The zero-order valence-corrected chi connectivity index (χ0v) is 12.1. The molecule has 0 bridgehead atoms. The van der Waals surface area contributed by atoms with Gasteiger partial charge in [0.05, 0.1) is 31.9 Å². The number of aromatic amines is 1.